The first kappa shape index (κ1) is 14.3. The highest BCUT2D eigenvalue weighted by atomic mass is 127. The number of hydrogen-bond donors (Lipinski definition) is 1. The van der Waals surface area contributed by atoms with Crippen molar-refractivity contribution >= 4 is 22.6 Å². The van der Waals surface area contributed by atoms with E-state index < -0.39 is 0 Å². The summed E-state index contributed by atoms with van der Waals surface area (Å²) in [6, 6.07) is 6.57. The summed E-state index contributed by atoms with van der Waals surface area (Å²) in [5.74, 6) is 0. The quantitative estimate of drug-likeness (QED) is 0.808. The number of halogens is 1. The van der Waals surface area contributed by atoms with Crippen molar-refractivity contribution in [2.45, 2.75) is 51.2 Å². The predicted octanol–water partition coefficient (Wildman–Crippen LogP) is 3.95. The van der Waals surface area contributed by atoms with Crippen molar-refractivity contribution in [1.29, 1.82) is 0 Å². The highest BCUT2D eigenvalue weighted by Crippen LogP contribution is 2.26. The molecule has 100 valence electrons. The second-order valence-corrected chi connectivity index (χ2v) is 6.23. The molecular formula is C15H22INO. The first-order chi connectivity index (χ1) is 8.68. The molecule has 0 amide bonds. The first-order valence-corrected chi connectivity index (χ1v) is 7.88. The fraction of sp³-hybridized carbons (Fsp3) is 0.600. The van der Waals surface area contributed by atoms with Crippen LogP contribution in [0.4, 0.5) is 0 Å². The summed E-state index contributed by atoms with van der Waals surface area (Å²) in [4.78, 5) is 0. The fourth-order valence-corrected chi connectivity index (χ4v) is 3.31. The molecule has 0 spiro atoms. The zero-order valence-corrected chi connectivity index (χ0v) is 13.2. The maximum atomic E-state index is 6.30. The normalized spacial score (nSPS) is 21.2. The second-order valence-electron chi connectivity index (χ2n) is 5.15. The number of ether oxygens (including phenoxy) is 1. The molecule has 1 heterocycles. The van der Waals surface area contributed by atoms with Crippen molar-refractivity contribution in [2.75, 3.05) is 6.61 Å². The van der Waals surface area contributed by atoms with Crippen molar-refractivity contribution in [3.63, 3.8) is 0 Å². The molecule has 3 heteroatoms. The van der Waals surface area contributed by atoms with Gasteiger partial charge >= 0.3 is 0 Å². The molecule has 0 bridgehead atoms. The van der Waals surface area contributed by atoms with Crippen LogP contribution in [0.25, 0.3) is 0 Å². The van der Waals surface area contributed by atoms with E-state index in [2.05, 4.69) is 47.7 Å². The van der Waals surface area contributed by atoms with Gasteiger partial charge in [-0.1, -0.05) is 18.2 Å². The Balaban J connectivity index is 1.83. The van der Waals surface area contributed by atoms with E-state index >= 15 is 0 Å². The minimum absolute atomic E-state index is 0.165. The van der Waals surface area contributed by atoms with Crippen LogP contribution in [0.2, 0.25) is 0 Å². The van der Waals surface area contributed by atoms with Crippen molar-refractivity contribution in [3.05, 3.63) is 32.9 Å². The minimum Gasteiger partial charge on any atom is -0.378 e. The van der Waals surface area contributed by atoms with E-state index in [9.17, 15) is 0 Å². The maximum Gasteiger partial charge on any atom is 0.0576 e. The van der Waals surface area contributed by atoms with Crippen molar-refractivity contribution < 1.29 is 4.74 Å². The zero-order chi connectivity index (χ0) is 13.0. The molecule has 1 saturated heterocycles. The van der Waals surface area contributed by atoms with Gasteiger partial charge in [-0.3, -0.25) is 0 Å². The summed E-state index contributed by atoms with van der Waals surface area (Å²) in [5, 5.41) is 0. The van der Waals surface area contributed by atoms with Crippen LogP contribution in [0.3, 0.4) is 0 Å². The van der Waals surface area contributed by atoms with Crippen molar-refractivity contribution in [1.82, 2.24) is 0 Å². The number of benzene rings is 1. The van der Waals surface area contributed by atoms with Crippen molar-refractivity contribution in [3.8, 4) is 0 Å². The number of aryl methyl sites for hydroxylation is 1. The third-order valence-corrected chi connectivity index (χ3v) is 5.16. The molecule has 2 nitrogen and oxygen atoms in total. The van der Waals surface area contributed by atoms with Gasteiger partial charge in [0, 0.05) is 16.2 Å². The molecule has 2 rings (SSSR count). The standard InChI is InChI=1S/C15H22INO/c1-11-5-2-8-13(15(11)16)14(17)9-3-6-12-7-4-10-18-12/h2,5,8,12,14H,3-4,6-7,9-10,17H2,1H3. The van der Waals surface area contributed by atoms with Gasteiger partial charge in [0.15, 0.2) is 0 Å². The highest BCUT2D eigenvalue weighted by molar-refractivity contribution is 14.1. The molecule has 0 aliphatic carbocycles. The average Bonchev–Trinajstić information content (AvgIpc) is 2.85. The van der Waals surface area contributed by atoms with Crippen LogP contribution in [0, 0.1) is 10.5 Å². The average molecular weight is 359 g/mol. The first-order valence-electron chi connectivity index (χ1n) is 6.80. The van der Waals surface area contributed by atoms with Gasteiger partial charge in [0.2, 0.25) is 0 Å². The molecule has 1 aromatic rings. The second kappa shape index (κ2) is 6.87. The Labute approximate surface area is 123 Å². The molecule has 2 atom stereocenters. The van der Waals surface area contributed by atoms with Gasteiger partial charge in [0.1, 0.15) is 0 Å². The molecule has 1 aliphatic rings. The predicted molar refractivity (Wildman–Crippen MR) is 83.6 cm³/mol. The van der Waals surface area contributed by atoms with E-state index in [1.807, 2.05) is 0 Å². The Bertz CT molecular complexity index is 388. The van der Waals surface area contributed by atoms with Crippen LogP contribution in [0.5, 0.6) is 0 Å². The summed E-state index contributed by atoms with van der Waals surface area (Å²) < 4.78 is 6.96. The Kier molecular flexibility index (Phi) is 5.45. The number of nitrogens with two attached hydrogens (primary N) is 1. The van der Waals surface area contributed by atoms with E-state index in [1.165, 1.54) is 27.5 Å². The summed E-state index contributed by atoms with van der Waals surface area (Å²) in [5.41, 5.74) is 8.92. The summed E-state index contributed by atoms with van der Waals surface area (Å²) in [6.45, 7) is 3.09. The smallest absolute Gasteiger partial charge is 0.0576 e. The van der Waals surface area contributed by atoms with Crippen molar-refractivity contribution in [2.24, 2.45) is 5.73 Å². The van der Waals surface area contributed by atoms with Crippen LogP contribution < -0.4 is 5.73 Å². The lowest BCUT2D eigenvalue weighted by Gasteiger charge is -2.16. The van der Waals surface area contributed by atoms with Gasteiger partial charge in [-0.05, 0) is 72.7 Å². The van der Waals surface area contributed by atoms with Crippen LogP contribution in [-0.4, -0.2) is 12.7 Å². The molecule has 2 unspecified atom stereocenters. The SMILES string of the molecule is Cc1cccc(C(N)CCCC2CCCO2)c1I. The third kappa shape index (κ3) is 3.68. The molecule has 1 fully saturated rings. The van der Waals surface area contributed by atoms with Crippen LogP contribution in [-0.2, 0) is 4.74 Å². The molecule has 0 radical (unpaired) electrons. The van der Waals surface area contributed by atoms with Gasteiger partial charge in [-0.15, -0.1) is 0 Å². The molecule has 1 aromatic carbocycles. The Morgan fingerprint density at radius 2 is 2.33 bits per heavy atom. The monoisotopic (exact) mass is 359 g/mol. The molecule has 2 N–H and O–H groups in total. The largest absolute Gasteiger partial charge is 0.378 e. The van der Waals surface area contributed by atoms with Gasteiger partial charge in [0.25, 0.3) is 0 Å². The lowest BCUT2D eigenvalue weighted by molar-refractivity contribution is 0.101. The van der Waals surface area contributed by atoms with Gasteiger partial charge in [-0.25, -0.2) is 0 Å². The third-order valence-electron chi connectivity index (χ3n) is 3.69. The Hall–Kier alpha value is -0.130. The van der Waals surface area contributed by atoms with E-state index in [0.29, 0.717) is 6.10 Å². The van der Waals surface area contributed by atoms with Gasteiger partial charge < -0.3 is 10.5 Å². The number of rotatable bonds is 5. The number of hydrogen-bond acceptors (Lipinski definition) is 2. The summed E-state index contributed by atoms with van der Waals surface area (Å²) >= 11 is 2.41. The molecular weight excluding hydrogens is 337 g/mol. The van der Waals surface area contributed by atoms with E-state index in [0.717, 1.165) is 25.9 Å². The van der Waals surface area contributed by atoms with E-state index in [-0.39, 0.29) is 6.04 Å². The lowest BCUT2D eigenvalue weighted by Crippen LogP contribution is -2.13. The zero-order valence-electron chi connectivity index (χ0n) is 11.0. The Morgan fingerprint density at radius 3 is 3.06 bits per heavy atom. The van der Waals surface area contributed by atoms with Crippen LogP contribution in [0.1, 0.15) is 49.3 Å². The fourth-order valence-electron chi connectivity index (χ4n) is 2.55. The van der Waals surface area contributed by atoms with E-state index in [1.54, 1.807) is 0 Å². The molecule has 0 aromatic heterocycles. The lowest BCUT2D eigenvalue weighted by atomic mass is 9.99. The van der Waals surface area contributed by atoms with E-state index in [4.69, 9.17) is 10.5 Å². The molecule has 1 aliphatic heterocycles. The maximum absolute atomic E-state index is 6.30. The topological polar surface area (TPSA) is 35.2 Å². The summed E-state index contributed by atoms with van der Waals surface area (Å²) in [6.07, 6.45) is 6.34. The van der Waals surface area contributed by atoms with Crippen LogP contribution in [0.15, 0.2) is 18.2 Å². The highest BCUT2D eigenvalue weighted by Gasteiger charge is 2.16. The Morgan fingerprint density at radius 1 is 1.50 bits per heavy atom. The van der Waals surface area contributed by atoms with Gasteiger partial charge in [0.05, 0.1) is 6.10 Å². The summed E-state index contributed by atoms with van der Waals surface area (Å²) in [7, 11) is 0. The van der Waals surface area contributed by atoms with Crippen LogP contribution >= 0.6 is 22.6 Å². The minimum atomic E-state index is 0.165. The van der Waals surface area contributed by atoms with Gasteiger partial charge in [-0.2, -0.15) is 0 Å². The molecule has 18 heavy (non-hydrogen) atoms. The molecule has 0 saturated carbocycles.